The summed E-state index contributed by atoms with van der Waals surface area (Å²) in [5, 5.41) is 2.63. The minimum atomic E-state index is -0.688. The fraction of sp³-hybridized carbons (Fsp3) is 0. The third-order valence-electron chi connectivity index (χ3n) is 3.04. The number of hydrogen-bond donors (Lipinski definition) is 1. The van der Waals surface area contributed by atoms with Crippen molar-refractivity contribution in [2.45, 2.75) is 0 Å². The molecule has 0 radical (unpaired) electrons. The molecule has 24 heavy (non-hydrogen) atoms. The van der Waals surface area contributed by atoms with Crippen LogP contribution in [0.4, 0.5) is 10.1 Å². The van der Waals surface area contributed by atoms with E-state index >= 15 is 0 Å². The summed E-state index contributed by atoms with van der Waals surface area (Å²) < 4.78 is 19.3. The van der Waals surface area contributed by atoms with E-state index in [1.165, 1.54) is 36.8 Å². The van der Waals surface area contributed by atoms with Crippen LogP contribution in [-0.4, -0.2) is 15.9 Å². The van der Waals surface area contributed by atoms with Crippen molar-refractivity contribution in [2.75, 3.05) is 5.32 Å². The Balaban J connectivity index is 1.78. The number of ether oxygens (including phenoxy) is 1. The first-order chi connectivity index (χ1) is 11.6. The SMILES string of the molecule is O=C(Nc1cccc(Oc2cnccn2)c1)c1c(F)cccc1Cl. The van der Waals surface area contributed by atoms with Gasteiger partial charge in [-0.1, -0.05) is 23.7 Å². The number of nitrogens with one attached hydrogen (secondary N) is 1. The maximum absolute atomic E-state index is 13.8. The molecule has 3 rings (SSSR count). The van der Waals surface area contributed by atoms with E-state index in [-0.39, 0.29) is 10.6 Å². The fourth-order valence-corrected chi connectivity index (χ4v) is 2.25. The van der Waals surface area contributed by atoms with Crippen molar-refractivity contribution in [1.82, 2.24) is 9.97 Å². The number of nitrogens with zero attached hydrogens (tertiary/aromatic N) is 2. The van der Waals surface area contributed by atoms with E-state index in [9.17, 15) is 9.18 Å². The quantitative estimate of drug-likeness (QED) is 0.766. The van der Waals surface area contributed by atoms with Gasteiger partial charge in [-0.15, -0.1) is 0 Å². The van der Waals surface area contributed by atoms with Crippen molar-refractivity contribution < 1.29 is 13.9 Å². The first kappa shape index (κ1) is 15.9. The van der Waals surface area contributed by atoms with Crippen LogP contribution in [0, 0.1) is 5.82 Å². The van der Waals surface area contributed by atoms with Gasteiger partial charge in [0.1, 0.15) is 11.6 Å². The monoisotopic (exact) mass is 343 g/mol. The van der Waals surface area contributed by atoms with Gasteiger partial charge in [-0.25, -0.2) is 9.37 Å². The molecule has 0 aliphatic carbocycles. The normalized spacial score (nSPS) is 10.2. The molecule has 1 heterocycles. The minimum Gasteiger partial charge on any atom is -0.437 e. The maximum atomic E-state index is 13.8. The van der Waals surface area contributed by atoms with Gasteiger partial charge in [0.2, 0.25) is 5.88 Å². The van der Waals surface area contributed by atoms with E-state index in [1.807, 2.05) is 0 Å². The number of aromatic nitrogens is 2. The Kier molecular flexibility index (Phi) is 4.67. The highest BCUT2D eigenvalue weighted by atomic mass is 35.5. The molecule has 1 amide bonds. The van der Waals surface area contributed by atoms with Crippen molar-refractivity contribution in [2.24, 2.45) is 0 Å². The maximum Gasteiger partial charge on any atom is 0.260 e. The number of hydrogen-bond acceptors (Lipinski definition) is 4. The van der Waals surface area contributed by atoms with Crippen LogP contribution >= 0.6 is 11.6 Å². The first-order valence-electron chi connectivity index (χ1n) is 6.93. The number of anilines is 1. The smallest absolute Gasteiger partial charge is 0.260 e. The van der Waals surface area contributed by atoms with Crippen molar-refractivity contribution in [1.29, 1.82) is 0 Å². The highest BCUT2D eigenvalue weighted by Gasteiger charge is 2.16. The molecule has 0 fully saturated rings. The molecule has 0 atom stereocenters. The number of carbonyl (C=O) groups excluding carboxylic acids is 1. The number of amides is 1. The summed E-state index contributed by atoms with van der Waals surface area (Å²) in [5.74, 6) is -0.562. The van der Waals surface area contributed by atoms with Gasteiger partial charge < -0.3 is 10.1 Å². The number of halogens is 2. The first-order valence-corrected chi connectivity index (χ1v) is 7.30. The molecule has 0 saturated carbocycles. The molecule has 0 saturated heterocycles. The van der Waals surface area contributed by atoms with Crippen molar-refractivity contribution in [3.05, 3.63) is 77.5 Å². The van der Waals surface area contributed by atoms with Gasteiger partial charge >= 0.3 is 0 Å². The van der Waals surface area contributed by atoms with Crippen LogP contribution < -0.4 is 10.1 Å². The largest absolute Gasteiger partial charge is 0.437 e. The molecule has 0 spiro atoms. The Morgan fingerprint density at radius 1 is 1.17 bits per heavy atom. The van der Waals surface area contributed by atoms with Crippen LogP contribution in [0.25, 0.3) is 0 Å². The third-order valence-corrected chi connectivity index (χ3v) is 3.36. The molecule has 1 aromatic heterocycles. The Bertz CT molecular complexity index is 854. The van der Waals surface area contributed by atoms with Gasteiger partial charge in [-0.05, 0) is 24.3 Å². The highest BCUT2D eigenvalue weighted by molar-refractivity contribution is 6.34. The highest BCUT2D eigenvalue weighted by Crippen LogP contribution is 2.24. The van der Waals surface area contributed by atoms with Crippen molar-refractivity contribution >= 4 is 23.2 Å². The topological polar surface area (TPSA) is 64.1 Å². The predicted octanol–water partition coefficient (Wildman–Crippen LogP) is 4.31. The van der Waals surface area contributed by atoms with E-state index in [0.717, 1.165) is 0 Å². The van der Waals surface area contributed by atoms with E-state index in [4.69, 9.17) is 16.3 Å². The molecule has 0 unspecified atom stereocenters. The molecule has 2 aromatic carbocycles. The molecule has 5 nitrogen and oxygen atoms in total. The zero-order valence-corrected chi connectivity index (χ0v) is 13.0. The summed E-state index contributed by atoms with van der Waals surface area (Å²) in [7, 11) is 0. The number of benzene rings is 2. The van der Waals surface area contributed by atoms with E-state index in [1.54, 1.807) is 24.3 Å². The third kappa shape index (κ3) is 3.67. The summed E-state index contributed by atoms with van der Waals surface area (Å²) in [6.45, 7) is 0. The average Bonchev–Trinajstić information content (AvgIpc) is 2.56. The lowest BCUT2D eigenvalue weighted by molar-refractivity contribution is 0.102. The van der Waals surface area contributed by atoms with Gasteiger partial charge in [-0.2, -0.15) is 0 Å². The lowest BCUT2D eigenvalue weighted by Gasteiger charge is -2.09. The summed E-state index contributed by atoms with van der Waals surface area (Å²) in [4.78, 5) is 20.1. The minimum absolute atomic E-state index is 0.0412. The Labute approximate surface area is 142 Å². The van der Waals surface area contributed by atoms with Crippen LogP contribution in [0.2, 0.25) is 5.02 Å². The van der Waals surface area contributed by atoms with Gasteiger partial charge in [-0.3, -0.25) is 9.78 Å². The van der Waals surface area contributed by atoms with Crippen molar-refractivity contribution in [3.63, 3.8) is 0 Å². The zero-order valence-electron chi connectivity index (χ0n) is 12.2. The summed E-state index contributed by atoms with van der Waals surface area (Å²) in [6.07, 6.45) is 4.49. The second-order valence-electron chi connectivity index (χ2n) is 4.72. The average molecular weight is 344 g/mol. The molecule has 0 bridgehead atoms. The van der Waals surface area contributed by atoms with Crippen LogP contribution in [0.1, 0.15) is 10.4 Å². The molecule has 3 aromatic rings. The summed E-state index contributed by atoms with van der Waals surface area (Å²) >= 11 is 5.89. The van der Waals surface area contributed by atoms with Gasteiger partial charge in [0.05, 0.1) is 16.8 Å². The van der Waals surface area contributed by atoms with E-state index < -0.39 is 11.7 Å². The molecule has 0 aliphatic rings. The molecular weight excluding hydrogens is 333 g/mol. The molecule has 7 heteroatoms. The lowest BCUT2D eigenvalue weighted by atomic mass is 10.2. The fourth-order valence-electron chi connectivity index (χ4n) is 2.00. The molecule has 120 valence electrons. The number of carbonyl (C=O) groups is 1. The van der Waals surface area contributed by atoms with E-state index in [0.29, 0.717) is 17.3 Å². The number of rotatable bonds is 4. The van der Waals surface area contributed by atoms with Gasteiger partial charge in [0.15, 0.2) is 0 Å². The predicted molar refractivity (Wildman–Crippen MR) is 87.9 cm³/mol. The van der Waals surface area contributed by atoms with Crippen LogP contribution in [0.5, 0.6) is 11.6 Å². The van der Waals surface area contributed by atoms with Crippen LogP contribution in [-0.2, 0) is 0 Å². The van der Waals surface area contributed by atoms with Crippen molar-refractivity contribution in [3.8, 4) is 11.6 Å². The standard InChI is InChI=1S/C17H11ClFN3O2/c18-13-5-2-6-14(19)16(13)17(23)22-11-3-1-4-12(9-11)24-15-10-20-7-8-21-15/h1-10H,(H,22,23). The summed E-state index contributed by atoms with van der Waals surface area (Å²) in [6, 6.07) is 10.7. The Morgan fingerprint density at radius 3 is 2.75 bits per heavy atom. The van der Waals surface area contributed by atoms with Crippen LogP contribution in [0.3, 0.4) is 0 Å². The molecule has 1 N–H and O–H groups in total. The Morgan fingerprint density at radius 2 is 2.00 bits per heavy atom. The van der Waals surface area contributed by atoms with Crippen LogP contribution in [0.15, 0.2) is 61.1 Å². The Hall–Kier alpha value is -2.99. The summed E-state index contributed by atoms with van der Waals surface area (Å²) in [5.41, 5.74) is 0.222. The van der Waals surface area contributed by atoms with Gasteiger partial charge in [0, 0.05) is 24.1 Å². The van der Waals surface area contributed by atoms with E-state index in [2.05, 4.69) is 15.3 Å². The molecule has 0 aliphatic heterocycles. The second kappa shape index (κ2) is 7.06. The lowest BCUT2D eigenvalue weighted by Crippen LogP contribution is -2.14. The zero-order chi connectivity index (χ0) is 16.9. The second-order valence-corrected chi connectivity index (χ2v) is 5.13. The molecular formula is C17H11ClFN3O2. The van der Waals surface area contributed by atoms with Gasteiger partial charge in [0.25, 0.3) is 5.91 Å².